The smallest absolute Gasteiger partial charge is 0.134 e. The zero-order valence-corrected chi connectivity index (χ0v) is 10.4. The van der Waals surface area contributed by atoms with Gasteiger partial charge in [-0.25, -0.2) is 0 Å². The number of nitrogens with two attached hydrogens (primary N) is 1. The Morgan fingerprint density at radius 1 is 1.65 bits per heavy atom. The van der Waals surface area contributed by atoms with Crippen LogP contribution in [0.3, 0.4) is 0 Å². The van der Waals surface area contributed by atoms with Crippen molar-refractivity contribution >= 4 is 23.0 Å². The number of anilines is 1. The second-order valence-corrected chi connectivity index (χ2v) is 4.08. The summed E-state index contributed by atoms with van der Waals surface area (Å²) < 4.78 is 6.47. The summed E-state index contributed by atoms with van der Waals surface area (Å²) in [5.74, 6) is 0.790. The molecule has 0 spiro atoms. The maximum atomic E-state index is 5.68. The topological polar surface area (TPSA) is 81.9 Å². The van der Waals surface area contributed by atoms with Crippen LogP contribution in [0.5, 0.6) is 0 Å². The van der Waals surface area contributed by atoms with E-state index in [4.69, 9.17) is 22.5 Å². The molecular formula is C10H13N5OS. The highest BCUT2D eigenvalue weighted by Gasteiger charge is 2.15. The van der Waals surface area contributed by atoms with Crippen LogP contribution in [0.1, 0.15) is 17.0 Å². The van der Waals surface area contributed by atoms with Gasteiger partial charge in [0, 0.05) is 13.1 Å². The van der Waals surface area contributed by atoms with Crippen molar-refractivity contribution < 1.29 is 4.52 Å². The Labute approximate surface area is 104 Å². The summed E-state index contributed by atoms with van der Waals surface area (Å²) >= 11 is 5.01. The van der Waals surface area contributed by atoms with Crippen LogP contribution in [0, 0.1) is 6.92 Å². The van der Waals surface area contributed by atoms with E-state index in [9.17, 15) is 0 Å². The van der Waals surface area contributed by atoms with E-state index < -0.39 is 0 Å². The first-order valence-electron chi connectivity index (χ1n) is 5.06. The Hall–Kier alpha value is -1.89. The Kier molecular flexibility index (Phi) is 3.10. The average Bonchev–Trinajstić information content (AvgIpc) is 2.83. The van der Waals surface area contributed by atoms with Gasteiger partial charge in [-0.15, -0.1) is 0 Å². The van der Waals surface area contributed by atoms with Crippen LogP contribution in [0.2, 0.25) is 0 Å². The van der Waals surface area contributed by atoms with Crippen LogP contribution >= 0.6 is 12.2 Å². The molecule has 6 nitrogen and oxygen atoms in total. The molecule has 17 heavy (non-hydrogen) atoms. The Balaban J connectivity index is 2.23. The third-order valence-electron chi connectivity index (χ3n) is 2.40. The van der Waals surface area contributed by atoms with E-state index in [-0.39, 0.29) is 0 Å². The third-order valence-corrected chi connectivity index (χ3v) is 2.60. The van der Waals surface area contributed by atoms with Crippen LogP contribution in [0.4, 0.5) is 5.82 Å². The summed E-state index contributed by atoms with van der Waals surface area (Å²) in [4.78, 5) is 0.332. The molecular weight excluding hydrogens is 238 g/mol. The normalized spacial score (nSPS) is 10.5. The minimum absolute atomic E-state index is 0.332. The molecule has 0 aliphatic heterocycles. The second-order valence-electron chi connectivity index (χ2n) is 3.64. The SMILES string of the molecule is Cc1nn(C)c(NCc2ccon2)c1C(N)=S. The number of nitrogens with one attached hydrogen (secondary N) is 1. The van der Waals surface area contributed by atoms with E-state index in [1.54, 1.807) is 10.7 Å². The molecule has 3 N–H and O–H groups in total. The highest BCUT2D eigenvalue weighted by Crippen LogP contribution is 2.19. The highest BCUT2D eigenvalue weighted by atomic mass is 32.1. The first-order valence-corrected chi connectivity index (χ1v) is 5.47. The molecule has 0 saturated carbocycles. The molecule has 2 heterocycles. The van der Waals surface area contributed by atoms with Crippen molar-refractivity contribution in [1.82, 2.24) is 14.9 Å². The van der Waals surface area contributed by atoms with Gasteiger partial charge in [0.1, 0.15) is 22.8 Å². The van der Waals surface area contributed by atoms with Gasteiger partial charge in [-0.3, -0.25) is 4.68 Å². The number of nitrogens with zero attached hydrogens (tertiary/aromatic N) is 3. The number of aromatic nitrogens is 3. The average molecular weight is 251 g/mol. The summed E-state index contributed by atoms with van der Waals surface area (Å²) in [6.45, 7) is 2.40. The molecule has 0 atom stereocenters. The number of thiocarbonyl (C=S) groups is 1. The molecule has 2 aromatic rings. The molecule has 2 aromatic heterocycles. The van der Waals surface area contributed by atoms with Crippen molar-refractivity contribution in [2.75, 3.05) is 5.32 Å². The van der Waals surface area contributed by atoms with Gasteiger partial charge in [0.15, 0.2) is 0 Å². The third kappa shape index (κ3) is 2.28. The fraction of sp³-hybridized carbons (Fsp3) is 0.300. The fourth-order valence-electron chi connectivity index (χ4n) is 1.66. The lowest BCUT2D eigenvalue weighted by atomic mass is 10.2. The quantitative estimate of drug-likeness (QED) is 0.788. The summed E-state index contributed by atoms with van der Waals surface area (Å²) in [6, 6.07) is 1.79. The molecule has 2 rings (SSSR count). The number of hydrogen-bond donors (Lipinski definition) is 2. The minimum Gasteiger partial charge on any atom is -0.389 e. The summed E-state index contributed by atoms with van der Waals surface area (Å²) in [5.41, 5.74) is 8.06. The zero-order chi connectivity index (χ0) is 12.4. The molecule has 0 saturated heterocycles. The lowest BCUT2D eigenvalue weighted by Gasteiger charge is -2.07. The monoisotopic (exact) mass is 251 g/mol. The van der Waals surface area contributed by atoms with Crippen molar-refractivity contribution in [2.24, 2.45) is 12.8 Å². The zero-order valence-electron chi connectivity index (χ0n) is 9.60. The Bertz CT molecular complexity index is 531. The molecule has 7 heteroatoms. The van der Waals surface area contributed by atoms with Gasteiger partial charge in [0.05, 0.1) is 17.8 Å². The van der Waals surface area contributed by atoms with Crippen molar-refractivity contribution in [3.05, 3.63) is 29.3 Å². The van der Waals surface area contributed by atoms with Crippen molar-refractivity contribution in [2.45, 2.75) is 13.5 Å². The van der Waals surface area contributed by atoms with Gasteiger partial charge in [-0.1, -0.05) is 17.4 Å². The van der Waals surface area contributed by atoms with Crippen LogP contribution in [-0.2, 0) is 13.6 Å². The summed E-state index contributed by atoms with van der Waals surface area (Å²) in [5, 5.41) is 11.3. The molecule has 0 aliphatic rings. The minimum atomic E-state index is 0.332. The predicted molar refractivity (Wildman–Crippen MR) is 67.7 cm³/mol. The van der Waals surface area contributed by atoms with E-state index in [0.717, 1.165) is 22.8 Å². The molecule has 0 amide bonds. The maximum absolute atomic E-state index is 5.68. The standard InChI is InChI=1S/C10H13N5OS/c1-6-8(9(11)17)10(15(2)13-6)12-5-7-3-4-16-14-7/h3-4,12H,5H2,1-2H3,(H2,11,17). The van der Waals surface area contributed by atoms with E-state index in [1.807, 2.05) is 14.0 Å². The van der Waals surface area contributed by atoms with E-state index in [1.165, 1.54) is 6.26 Å². The molecule has 0 bridgehead atoms. The van der Waals surface area contributed by atoms with Crippen molar-refractivity contribution in [3.8, 4) is 0 Å². The molecule has 0 aromatic carbocycles. The highest BCUT2D eigenvalue weighted by molar-refractivity contribution is 7.80. The van der Waals surface area contributed by atoms with Crippen LogP contribution < -0.4 is 11.1 Å². The lowest BCUT2D eigenvalue weighted by Crippen LogP contribution is -2.14. The molecule has 0 radical (unpaired) electrons. The van der Waals surface area contributed by atoms with E-state index in [2.05, 4.69) is 15.6 Å². The van der Waals surface area contributed by atoms with Gasteiger partial charge < -0.3 is 15.6 Å². The molecule has 90 valence electrons. The molecule has 0 unspecified atom stereocenters. The van der Waals surface area contributed by atoms with Crippen LogP contribution in [0.15, 0.2) is 16.9 Å². The van der Waals surface area contributed by atoms with Gasteiger partial charge in [0.2, 0.25) is 0 Å². The largest absolute Gasteiger partial charge is 0.389 e. The van der Waals surface area contributed by atoms with Gasteiger partial charge >= 0.3 is 0 Å². The van der Waals surface area contributed by atoms with Gasteiger partial charge in [0.25, 0.3) is 0 Å². The first kappa shape index (κ1) is 11.6. The first-order chi connectivity index (χ1) is 8.09. The fourth-order valence-corrected chi connectivity index (χ4v) is 1.90. The summed E-state index contributed by atoms with van der Waals surface area (Å²) in [7, 11) is 1.83. The summed E-state index contributed by atoms with van der Waals surface area (Å²) in [6.07, 6.45) is 1.53. The molecule has 0 fully saturated rings. The molecule has 0 aliphatic carbocycles. The van der Waals surface area contributed by atoms with Gasteiger partial charge in [-0.2, -0.15) is 5.10 Å². The predicted octanol–water partition coefficient (Wildman–Crippen LogP) is 0.963. The number of rotatable bonds is 4. The Morgan fingerprint density at radius 2 is 2.41 bits per heavy atom. The maximum Gasteiger partial charge on any atom is 0.134 e. The Morgan fingerprint density at radius 3 is 3.00 bits per heavy atom. The second kappa shape index (κ2) is 4.54. The van der Waals surface area contributed by atoms with Gasteiger partial charge in [-0.05, 0) is 6.92 Å². The van der Waals surface area contributed by atoms with Crippen LogP contribution in [-0.4, -0.2) is 19.9 Å². The van der Waals surface area contributed by atoms with Crippen LogP contribution in [0.25, 0.3) is 0 Å². The number of aryl methyl sites for hydroxylation is 2. The number of hydrogen-bond acceptors (Lipinski definition) is 5. The lowest BCUT2D eigenvalue weighted by molar-refractivity contribution is 0.412. The van der Waals surface area contributed by atoms with Crippen molar-refractivity contribution in [1.29, 1.82) is 0 Å². The van der Waals surface area contributed by atoms with Crippen molar-refractivity contribution in [3.63, 3.8) is 0 Å². The van der Waals surface area contributed by atoms with E-state index in [0.29, 0.717) is 11.5 Å². The van der Waals surface area contributed by atoms with E-state index >= 15 is 0 Å².